The Morgan fingerprint density at radius 2 is 2.16 bits per heavy atom. The first-order valence-corrected chi connectivity index (χ1v) is 6.71. The molecule has 1 saturated heterocycles. The molecule has 0 amide bonds. The maximum absolute atomic E-state index is 5.33. The Balaban J connectivity index is 1.73. The second-order valence-electron chi connectivity index (χ2n) is 4.59. The molecule has 0 bridgehead atoms. The molecule has 0 unspecified atom stereocenters. The second-order valence-corrected chi connectivity index (χ2v) is 4.59. The average molecular weight is 266 g/mol. The van der Waals surface area contributed by atoms with E-state index in [4.69, 9.17) is 9.47 Å². The van der Waals surface area contributed by atoms with Crippen molar-refractivity contribution in [3.8, 4) is 5.88 Å². The molecule has 1 N–H and O–H groups in total. The molecule has 0 radical (unpaired) electrons. The minimum Gasteiger partial charge on any atom is -0.481 e. The van der Waals surface area contributed by atoms with Crippen LogP contribution < -0.4 is 10.1 Å². The molecular formula is C13H22N4O2. The predicted octanol–water partition coefficient (Wildman–Crippen LogP) is 0.928. The van der Waals surface area contributed by atoms with Crippen LogP contribution >= 0.6 is 0 Å². The van der Waals surface area contributed by atoms with Gasteiger partial charge in [0, 0.05) is 19.6 Å². The van der Waals surface area contributed by atoms with Gasteiger partial charge in [0.2, 0.25) is 5.88 Å². The molecule has 106 valence electrons. The number of anilines is 1. The Morgan fingerprint density at radius 3 is 2.89 bits per heavy atom. The number of aromatic nitrogens is 2. The first-order chi connectivity index (χ1) is 9.31. The van der Waals surface area contributed by atoms with E-state index in [1.807, 2.05) is 6.92 Å². The van der Waals surface area contributed by atoms with Gasteiger partial charge >= 0.3 is 0 Å². The molecule has 6 nitrogen and oxygen atoms in total. The Bertz CT molecular complexity index is 394. The van der Waals surface area contributed by atoms with Gasteiger partial charge in [-0.25, -0.2) is 9.97 Å². The van der Waals surface area contributed by atoms with Crippen molar-refractivity contribution in [1.82, 2.24) is 14.9 Å². The van der Waals surface area contributed by atoms with Gasteiger partial charge < -0.3 is 14.8 Å². The van der Waals surface area contributed by atoms with Crippen LogP contribution in [0.3, 0.4) is 0 Å². The summed E-state index contributed by atoms with van der Waals surface area (Å²) < 4.78 is 10.5. The van der Waals surface area contributed by atoms with E-state index in [1.54, 1.807) is 7.11 Å². The highest BCUT2D eigenvalue weighted by atomic mass is 16.5. The van der Waals surface area contributed by atoms with Crippen molar-refractivity contribution >= 4 is 5.82 Å². The summed E-state index contributed by atoms with van der Waals surface area (Å²) in [6.45, 7) is 7.76. The zero-order chi connectivity index (χ0) is 13.5. The van der Waals surface area contributed by atoms with Gasteiger partial charge in [0.25, 0.3) is 0 Å². The van der Waals surface area contributed by atoms with Crippen molar-refractivity contribution in [2.45, 2.75) is 13.3 Å². The van der Waals surface area contributed by atoms with Crippen molar-refractivity contribution in [3.63, 3.8) is 0 Å². The highest BCUT2D eigenvalue weighted by molar-refractivity contribution is 5.47. The zero-order valence-electron chi connectivity index (χ0n) is 11.7. The maximum Gasteiger partial charge on any atom is 0.221 e. The lowest BCUT2D eigenvalue weighted by atomic mass is 10.3. The van der Waals surface area contributed by atoms with E-state index in [2.05, 4.69) is 20.2 Å². The van der Waals surface area contributed by atoms with Gasteiger partial charge in [-0.2, -0.15) is 0 Å². The molecule has 0 spiro atoms. The molecule has 0 saturated carbocycles. The van der Waals surface area contributed by atoms with Crippen LogP contribution in [0.4, 0.5) is 5.82 Å². The molecule has 6 heteroatoms. The Labute approximate surface area is 114 Å². The summed E-state index contributed by atoms with van der Waals surface area (Å²) in [5.41, 5.74) is 0.955. The minimum atomic E-state index is 0.630. The summed E-state index contributed by atoms with van der Waals surface area (Å²) in [5, 5.41) is 3.34. The standard InChI is InChI=1S/C13H22N4O2/c1-11-12(15-10-16-13(11)18-2)14-4-3-5-17-6-8-19-9-7-17/h10H,3-9H2,1-2H3,(H,14,15,16). The summed E-state index contributed by atoms with van der Waals surface area (Å²) in [6.07, 6.45) is 2.61. The van der Waals surface area contributed by atoms with E-state index in [0.717, 1.165) is 57.2 Å². The lowest BCUT2D eigenvalue weighted by Crippen LogP contribution is -2.37. The molecule has 1 aliphatic heterocycles. The SMILES string of the molecule is COc1ncnc(NCCCN2CCOCC2)c1C. The van der Waals surface area contributed by atoms with Gasteiger partial charge in [-0.15, -0.1) is 0 Å². The molecule has 1 fully saturated rings. The normalized spacial score (nSPS) is 16.3. The molecule has 1 aliphatic rings. The van der Waals surface area contributed by atoms with E-state index in [9.17, 15) is 0 Å². The quantitative estimate of drug-likeness (QED) is 0.773. The number of morpholine rings is 1. The van der Waals surface area contributed by atoms with Gasteiger partial charge in [0.1, 0.15) is 12.1 Å². The first kappa shape index (κ1) is 14.0. The van der Waals surface area contributed by atoms with E-state index >= 15 is 0 Å². The molecule has 19 heavy (non-hydrogen) atoms. The van der Waals surface area contributed by atoms with Crippen LogP contribution in [0.15, 0.2) is 6.33 Å². The fraction of sp³-hybridized carbons (Fsp3) is 0.692. The molecule has 1 aromatic rings. The highest BCUT2D eigenvalue weighted by Gasteiger charge is 2.10. The number of nitrogens with one attached hydrogen (secondary N) is 1. The largest absolute Gasteiger partial charge is 0.481 e. The topological polar surface area (TPSA) is 59.5 Å². The third-order valence-electron chi connectivity index (χ3n) is 3.28. The van der Waals surface area contributed by atoms with Crippen molar-refractivity contribution in [2.75, 3.05) is 51.8 Å². The van der Waals surface area contributed by atoms with Crippen molar-refractivity contribution < 1.29 is 9.47 Å². The Morgan fingerprint density at radius 1 is 1.37 bits per heavy atom. The lowest BCUT2D eigenvalue weighted by molar-refractivity contribution is 0.0378. The van der Waals surface area contributed by atoms with E-state index < -0.39 is 0 Å². The summed E-state index contributed by atoms with van der Waals surface area (Å²) in [7, 11) is 1.62. The molecule has 0 aliphatic carbocycles. The average Bonchev–Trinajstić information content (AvgIpc) is 2.46. The van der Waals surface area contributed by atoms with Crippen LogP contribution in [-0.4, -0.2) is 61.4 Å². The second kappa shape index (κ2) is 7.25. The van der Waals surface area contributed by atoms with Crippen molar-refractivity contribution in [3.05, 3.63) is 11.9 Å². The monoisotopic (exact) mass is 266 g/mol. The number of rotatable bonds is 6. The summed E-state index contributed by atoms with van der Waals surface area (Å²) in [6, 6.07) is 0. The lowest BCUT2D eigenvalue weighted by Gasteiger charge is -2.26. The Hall–Kier alpha value is -1.40. The number of methoxy groups -OCH3 is 1. The van der Waals surface area contributed by atoms with E-state index in [1.165, 1.54) is 6.33 Å². The zero-order valence-corrected chi connectivity index (χ0v) is 11.7. The number of hydrogen-bond acceptors (Lipinski definition) is 6. The molecule has 0 aromatic carbocycles. The first-order valence-electron chi connectivity index (χ1n) is 6.71. The molecular weight excluding hydrogens is 244 g/mol. The van der Waals surface area contributed by atoms with Crippen LogP contribution in [0.5, 0.6) is 5.88 Å². The van der Waals surface area contributed by atoms with Gasteiger partial charge in [0.15, 0.2) is 0 Å². The van der Waals surface area contributed by atoms with Crippen LogP contribution in [0.25, 0.3) is 0 Å². The minimum absolute atomic E-state index is 0.630. The smallest absolute Gasteiger partial charge is 0.221 e. The molecule has 0 atom stereocenters. The van der Waals surface area contributed by atoms with Gasteiger partial charge in [-0.05, 0) is 19.9 Å². The van der Waals surface area contributed by atoms with E-state index in [0.29, 0.717) is 5.88 Å². The van der Waals surface area contributed by atoms with Crippen LogP contribution in [0, 0.1) is 6.92 Å². The number of hydrogen-bond donors (Lipinski definition) is 1. The third-order valence-corrected chi connectivity index (χ3v) is 3.28. The van der Waals surface area contributed by atoms with Crippen molar-refractivity contribution in [2.24, 2.45) is 0 Å². The van der Waals surface area contributed by atoms with Crippen molar-refractivity contribution in [1.29, 1.82) is 0 Å². The van der Waals surface area contributed by atoms with Crippen LogP contribution in [0.1, 0.15) is 12.0 Å². The number of nitrogens with zero attached hydrogens (tertiary/aromatic N) is 3. The van der Waals surface area contributed by atoms with Crippen LogP contribution in [-0.2, 0) is 4.74 Å². The van der Waals surface area contributed by atoms with Crippen LogP contribution in [0.2, 0.25) is 0 Å². The number of ether oxygens (including phenoxy) is 2. The van der Waals surface area contributed by atoms with Gasteiger partial charge in [-0.1, -0.05) is 0 Å². The Kier molecular flexibility index (Phi) is 5.35. The van der Waals surface area contributed by atoms with Gasteiger partial charge in [0.05, 0.1) is 25.9 Å². The third kappa shape index (κ3) is 4.04. The fourth-order valence-electron chi connectivity index (χ4n) is 2.15. The summed E-state index contributed by atoms with van der Waals surface area (Å²) >= 11 is 0. The summed E-state index contributed by atoms with van der Waals surface area (Å²) in [4.78, 5) is 10.7. The molecule has 2 rings (SSSR count). The summed E-state index contributed by atoms with van der Waals surface area (Å²) in [5.74, 6) is 1.49. The van der Waals surface area contributed by atoms with Gasteiger partial charge in [-0.3, -0.25) is 4.90 Å². The van der Waals surface area contributed by atoms with E-state index in [-0.39, 0.29) is 0 Å². The fourth-order valence-corrected chi connectivity index (χ4v) is 2.15. The maximum atomic E-state index is 5.33. The highest BCUT2D eigenvalue weighted by Crippen LogP contribution is 2.19. The predicted molar refractivity (Wildman–Crippen MR) is 73.7 cm³/mol. The molecule has 1 aromatic heterocycles. The molecule has 2 heterocycles.